The fraction of sp³-hybridized carbons (Fsp3) is 0.346. The first-order valence-corrected chi connectivity index (χ1v) is 12.4. The van der Waals surface area contributed by atoms with E-state index in [0.29, 0.717) is 23.8 Å². The van der Waals surface area contributed by atoms with Gasteiger partial charge in [0.05, 0.1) is 19.2 Å². The van der Waals surface area contributed by atoms with E-state index < -0.39 is 5.97 Å². The molecular formula is C26H28ClN5O5. The fourth-order valence-corrected chi connectivity index (χ4v) is 4.56. The monoisotopic (exact) mass is 525 g/mol. The van der Waals surface area contributed by atoms with E-state index in [4.69, 9.17) is 16.0 Å². The second-order valence-electron chi connectivity index (χ2n) is 9.01. The lowest BCUT2D eigenvalue weighted by molar-refractivity contribution is -0.136. The molecule has 1 fully saturated rings. The van der Waals surface area contributed by atoms with Crippen LogP contribution in [0.2, 0.25) is 5.15 Å². The standard InChI is InChI=1S/C26H28ClN5O5/c1-32(15-22(33)28-17-5-2-3-6-17)25-19(14-23(34)35)24(27)30-21(31-25)13-16-8-10-18(11-9-16)29-26(36)20-7-4-12-37-20/h4,7-12,17H,2-3,5-6,13-15H2,1H3,(H,28,33)(H,29,36)(H,34,35). The lowest BCUT2D eigenvalue weighted by Gasteiger charge is -2.22. The van der Waals surface area contributed by atoms with Gasteiger partial charge in [-0.1, -0.05) is 36.6 Å². The van der Waals surface area contributed by atoms with Crippen LogP contribution in [0.25, 0.3) is 0 Å². The number of hydrogen-bond acceptors (Lipinski definition) is 7. The summed E-state index contributed by atoms with van der Waals surface area (Å²) in [6.07, 6.45) is 5.51. The molecule has 0 aliphatic heterocycles. The van der Waals surface area contributed by atoms with Crippen molar-refractivity contribution >= 4 is 40.9 Å². The molecule has 3 N–H and O–H groups in total. The smallest absolute Gasteiger partial charge is 0.308 e. The molecule has 1 aliphatic carbocycles. The van der Waals surface area contributed by atoms with Crippen LogP contribution >= 0.6 is 11.6 Å². The van der Waals surface area contributed by atoms with Crippen LogP contribution in [0, 0.1) is 0 Å². The van der Waals surface area contributed by atoms with Gasteiger partial charge in [-0.25, -0.2) is 9.97 Å². The van der Waals surface area contributed by atoms with E-state index in [0.717, 1.165) is 31.2 Å². The van der Waals surface area contributed by atoms with Crippen LogP contribution in [0.1, 0.15) is 53.2 Å². The van der Waals surface area contributed by atoms with Crippen molar-refractivity contribution in [2.75, 3.05) is 23.8 Å². The number of carboxylic acid groups (broad SMARTS) is 1. The molecular weight excluding hydrogens is 498 g/mol. The van der Waals surface area contributed by atoms with Crippen LogP contribution in [-0.2, 0) is 22.4 Å². The van der Waals surface area contributed by atoms with E-state index in [1.165, 1.54) is 6.26 Å². The van der Waals surface area contributed by atoms with Crippen molar-refractivity contribution in [1.82, 2.24) is 15.3 Å². The van der Waals surface area contributed by atoms with Gasteiger partial charge in [0.1, 0.15) is 16.8 Å². The summed E-state index contributed by atoms with van der Waals surface area (Å²) in [6.45, 7) is 0.0139. The Morgan fingerprint density at radius 2 is 1.86 bits per heavy atom. The summed E-state index contributed by atoms with van der Waals surface area (Å²) >= 11 is 6.40. The van der Waals surface area contributed by atoms with Crippen LogP contribution in [0.5, 0.6) is 0 Å². The number of hydrogen-bond donors (Lipinski definition) is 3. The zero-order valence-corrected chi connectivity index (χ0v) is 21.1. The molecule has 194 valence electrons. The van der Waals surface area contributed by atoms with Gasteiger partial charge in [-0.3, -0.25) is 14.4 Å². The second kappa shape index (κ2) is 11.9. The molecule has 3 aromatic rings. The molecule has 0 saturated heterocycles. The molecule has 0 spiro atoms. The molecule has 37 heavy (non-hydrogen) atoms. The summed E-state index contributed by atoms with van der Waals surface area (Å²) in [5, 5.41) is 15.2. The molecule has 10 nitrogen and oxygen atoms in total. The highest BCUT2D eigenvalue weighted by Crippen LogP contribution is 2.26. The van der Waals surface area contributed by atoms with E-state index in [1.54, 1.807) is 36.2 Å². The molecule has 0 radical (unpaired) electrons. The molecule has 2 aromatic heterocycles. The van der Waals surface area contributed by atoms with Gasteiger partial charge in [0, 0.05) is 30.8 Å². The van der Waals surface area contributed by atoms with E-state index in [1.807, 2.05) is 12.1 Å². The minimum atomic E-state index is -1.07. The molecule has 2 amide bonds. The number of anilines is 2. The van der Waals surface area contributed by atoms with Crippen molar-refractivity contribution in [3.05, 3.63) is 70.5 Å². The first kappa shape index (κ1) is 26.2. The third-order valence-electron chi connectivity index (χ3n) is 6.09. The third-order valence-corrected chi connectivity index (χ3v) is 6.40. The number of nitrogens with zero attached hydrogens (tertiary/aromatic N) is 3. The number of carbonyl (C=O) groups is 3. The normalized spacial score (nSPS) is 13.4. The maximum Gasteiger partial charge on any atom is 0.308 e. The van der Waals surface area contributed by atoms with Crippen molar-refractivity contribution in [3.63, 3.8) is 0 Å². The van der Waals surface area contributed by atoms with Gasteiger partial charge in [0.2, 0.25) is 5.91 Å². The number of aromatic nitrogens is 2. The first-order chi connectivity index (χ1) is 17.8. The maximum absolute atomic E-state index is 12.6. The van der Waals surface area contributed by atoms with Gasteiger partial charge in [-0.05, 0) is 42.7 Å². The zero-order valence-electron chi connectivity index (χ0n) is 20.4. The minimum absolute atomic E-state index is 0.0139. The molecule has 1 saturated carbocycles. The predicted octanol–water partition coefficient (Wildman–Crippen LogP) is 3.69. The number of nitrogens with one attached hydrogen (secondary N) is 2. The number of carboxylic acids is 1. The van der Waals surface area contributed by atoms with Crippen molar-refractivity contribution in [2.24, 2.45) is 0 Å². The fourth-order valence-electron chi connectivity index (χ4n) is 4.31. The average Bonchev–Trinajstić information content (AvgIpc) is 3.56. The van der Waals surface area contributed by atoms with E-state index in [9.17, 15) is 19.5 Å². The predicted molar refractivity (Wildman–Crippen MR) is 138 cm³/mol. The molecule has 1 aromatic carbocycles. The molecule has 1 aliphatic rings. The van der Waals surface area contributed by atoms with Gasteiger partial charge in [0.25, 0.3) is 5.91 Å². The Morgan fingerprint density at radius 3 is 2.51 bits per heavy atom. The third kappa shape index (κ3) is 7.07. The molecule has 0 atom stereocenters. The highest BCUT2D eigenvalue weighted by Gasteiger charge is 2.22. The number of rotatable bonds is 10. The van der Waals surface area contributed by atoms with Crippen molar-refractivity contribution < 1.29 is 23.9 Å². The zero-order chi connectivity index (χ0) is 26.4. The van der Waals surface area contributed by atoms with E-state index >= 15 is 0 Å². The Balaban J connectivity index is 1.48. The minimum Gasteiger partial charge on any atom is -0.481 e. The lowest BCUT2D eigenvalue weighted by atomic mass is 10.1. The number of likely N-dealkylation sites (N-methyl/N-ethyl adjacent to an activating group) is 1. The van der Waals surface area contributed by atoms with Gasteiger partial charge >= 0.3 is 5.97 Å². The average molecular weight is 526 g/mol. The van der Waals surface area contributed by atoms with Gasteiger partial charge in [0.15, 0.2) is 5.76 Å². The van der Waals surface area contributed by atoms with Crippen molar-refractivity contribution in [1.29, 1.82) is 0 Å². The van der Waals surface area contributed by atoms with E-state index in [-0.39, 0.29) is 47.3 Å². The summed E-state index contributed by atoms with van der Waals surface area (Å²) < 4.78 is 5.10. The summed E-state index contributed by atoms with van der Waals surface area (Å²) in [7, 11) is 1.68. The molecule has 0 unspecified atom stereocenters. The second-order valence-corrected chi connectivity index (χ2v) is 9.37. The number of amides is 2. The Morgan fingerprint density at radius 1 is 1.14 bits per heavy atom. The van der Waals surface area contributed by atoms with Crippen LogP contribution in [-0.4, -0.2) is 52.5 Å². The quantitative estimate of drug-likeness (QED) is 0.341. The van der Waals surface area contributed by atoms with Gasteiger partial charge < -0.3 is 25.1 Å². The van der Waals surface area contributed by atoms with Crippen LogP contribution in [0.4, 0.5) is 11.5 Å². The number of halogens is 1. The number of benzene rings is 1. The summed E-state index contributed by atoms with van der Waals surface area (Å²) in [6, 6.07) is 10.5. The Hall–Kier alpha value is -3.92. The molecule has 2 heterocycles. The highest BCUT2D eigenvalue weighted by molar-refractivity contribution is 6.30. The highest BCUT2D eigenvalue weighted by atomic mass is 35.5. The number of furan rings is 1. The molecule has 4 rings (SSSR count). The Kier molecular flexibility index (Phi) is 8.39. The van der Waals surface area contributed by atoms with Crippen molar-refractivity contribution in [3.8, 4) is 0 Å². The van der Waals surface area contributed by atoms with Crippen LogP contribution in [0.3, 0.4) is 0 Å². The maximum atomic E-state index is 12.6. The van der Waals surface area contributed by atoms with Gasteiger partial charge in [-0.15, -0.1) is 0 Å². The number of aliphatic carboxylic acids is 1. The van der Waals surface area contributed by atoms with Crippen molar-refractivity contribution in [2.45, 2.75) is 44.6 Å². The topological polar surface area (TPSA) is 138 Å². The largest absolute Gasteiger partial charge is 0.481 e. The number of carbonyl (C=O) groups excluding carboxylic acids is 2. The molecule has 11 heteroatoms. The SMILES string of the molecule is CN(CC(=O)NC1CCCC1)c1nc(Cc2ccc(NC(=O)c3ccco3)cc2)nc(Cl)c1CC(=O)O. The summed E-state index contributed by atoms with van der Waals surface area (Å²) in [5.41, 5.74) is 1.70. The summed E-state index contributed by atoms with van der Waals surface area (Å²) in [4.78, 5) is 46.7. The molecule has 0 bridgehead atoms. The Labute approximate surface area is 219 Å². The lowest BCUT2D eigenvalue weighted by Crippen LogP contribution is -2.40. The first-order valence-electron chi connectivity index (χ1n) is 12.0. The van der Waals surface area contributed by atoms with Gasteiger partial charge in [-0.2, -0.15) is 0 Å². The van der Waals surface area contributed by atoms with E-state index in [2.05, 4.69) is 20.6 Å². The van der Waals surface area contributed by atoms with Crippen LogP contribution in [0.15, 0.2) is 47.1 Å². The Bertz CT molecular complexity index is 1260. The summed E-state index contributed by atoms with van der Waals surface area (Å²) in [5.74, 6) is -0.686. The van der Waals surface area contributed by atoms with Crippen LogP contribution < -0.4 is 15.5 Å².